The van der Waals surface area contributed by atoms with Crippen LogP contribution >= 0.6 is 46.1 Å². The second kappa shape index (κ2) is 8.58. The maximum absolute atomic E-state index is 12.7. The Bertz CT molecular complexity index is 935. The number of amides is 1. The van der Waals surface area contributed by atoms with E-state index in [-0.39, 0.29) is 17.1 Å². The third-order valence-electron chi connectivity index (χ3n) is 3.97. The van der Waals surface area contributed by atoms with Gasteiger partial charge < -0.3 is 11.1 Å². The smallest absolute Gasteiger partial charge is 0.261 e. The second-order valence-electron chi connectivity index (χ2n) is 5.89. The maximum atomic E-state index is 12.7. The maximum Gasteiger partial charge on any atom is 0.261 e. The van der Waals surface area contributed by atoms with Gasteiger partial charge in [0.25, 0.3) is 5.91 Å². The van der Waals surface area contributed by atoms with Gasteiger partial charge in [-0.05, 0) is 30.2 Å². The highest BCUT2D eigenvalue weighted by Crippen LogP contribution is 2.37. The van der Waals surface area contributed by atoms with E-state index in [2.05, 4.69) is 15.6 Å². The zero-order valence-corrected chi connectivity index (χ0v) is 17.3. The number of halogens is 3. The van der Waals surface area contributed by atoms with Crippen LogP contribution in [0.5, 0.6) is 0 Å². The highest BCUT2D eigenvalue weighted by Gasteiger charge is 2.21. The fraction of sp³-hybridized carbons (Fsp3) is 0.235. The Hall–Kier alpha value is -1.64. The van der Waals surface area contributed by atoms with Crippen LogP contribution in [-0.4, -0.2) is 33.5 Å². The molecule has 2 aromatic heterocycles. The van der Waals surface area contributed by atoms with Crippen molar-refractivity contribution in [3.63, 3.8) is 0 Å². The van der Waals surface area contributed by atoms with Gasteiger partial charge in [-0.1, -0.05) is 52.1 Å². The molecular formula is C17H16Cl3N5OS. The molecule has 0 spiro atoms. The van der Waals surface area contributed by atoms with Gasteiger partial charge in [-0.25, -0.2) is 4.68 Å². The minimum Gasteiger partial charge on any atom is -0.347 e. The third-order valence-corrected chi connectivity index (χ3v) is 5.83. The van der Waals surface area contributed by atoms with Crippen molar-refractivity contribution >= 4 is 52.0 Å². The lowest BCUT2D eigenvalue weighted by Gasteiger charge is -2.16. The van der Waals surface area contributed by atoms with Gasteiger partial charge in [0, 0.05) is 30.2 Å². The summed E-state index contributed by atoms with van der Waals surface area (Å²) in [7, 11) is 1.71. The first-order valence-electron chi connectivity index (χ1n) is 7.99. The van der Waals surface area contributed by atoms with Crippen molar-refractivity contribution in [3.8, 4) is 11.3 Å². The zero-order valence-electron chi connectivity index (χ0n) is 14.2. The van der Waals surface area contributed by atoms with E-state index in [0.29, 0.717) is 38.5 Å². The molecule has 1 atom stereocenters. The molecule has 0 saturated carbocycles. The van der Waals surface area contributed by atoms with E-state index in [1.807, 2.05) is 24.3 Å². The zero-order chi connectivity index (χ0) is 19.6. The van der Waals surface area contributed by atoms with Crippen LogP contribution in [0.3, 0.4) is 0 Å². The summed E-state index contributed by atoms with van der Waals surface area (Å²) in [4.78, 5) is 13.1. The summed E-state index contributed by atoms with van der Waals surface area (Å²) in [5.41, 5.74) is 8.04. The first-order chi connectivity index (χ1) is 12.9. The Morgan fingerprint density at radius 3 is 2.59 bits per heavy atom. The van der Waals surface area contributed by atoms with Crippen molar-refractivity contribution in [3.05, 3.63) is 55.3 Å². The first-order valence-corrected chi connectivity index (χ1v) is 9.94. The van der Waals surface area contributed by atoms with Gasteiger partial charge in [-0.2, -0.15) is 0 Å². The van der Waals surface area contributed by atoms with Gasteiger partial charge in [-0.15, -0.1) is 16.4 Å². The lowest BCUT2D eigenvalue weighted by Crippen LogP contribution is -2.41. The van der Waals surface area contributed by atoms with Crippen molar-refractivity contribution in [1.29, 1.82) is 0 Å². The molecule has 0 fully saturated rings. The summed E-state index contributed by atoms with van der Waals surface area (Å²) < 4.78 is 1.95. The molecule has 142 valence electrons. The van der Waals surface area contributed by atoms with Crippen LogP contribution < -0.4 is 11.1 Å². The number of carbonyl (C=O) groups is 1. The molecule has 3 rings (SSSR count). The largest absolute Gasteiger partial charge is 0.347 e. The molecule has 3 aromatic rings. The lowest BCUT2D eigenvalue weighted by molar-refractivity contribution is 0.0942. The minimum absolute atomic E-state index is 0.218. The molecule has 1 aromatic carbocycles. The second-order valence-corrected chi connectivity index (χ2v) is 8.34. The average molecular weight is 445 g/mol. The van der Waals surface area contributed by atoms with Crippen LogP contribution in [-0.2, 0) is 13.5 Å². The Morgan fingerprint density at radius 2 is 2.00 bits per heavy atom. The molecule has 6 nitrogen and oxygen atoms in total. The summed E-state index contributed by atoms with van der Waals surface area (Å²) in [6.07, 6.45) is 0.600. The predicted octanol–water partition coefficient (Wildman–Crippen LogP) is 3.80. The van der Waals surface area contributed by atoms with Gasteiger partial charge in [0.1, 0.15) is 10.0 Å². The van der Waals surface area contributed by atoms with Crippen LogP contribution in [0.2, 0.25) is 14.5 Å². The molecule has 0 aliphatic carbocycles. The van der Waals surface area contributed by atoms with Gasteiger partial charge >= 0.3 is 0 Å². The van der Waals surface area contributed by atoms with Crippen LogP contribution in [0.15, 0.2) is 30.3 Å². The topological polar surface area (TPSA) is 85.8 Å². The normalized spacial score (nSPS) is 12.2. The molecule has 10 heteroatoms. The van der Waals surface area contributed by atoms with Crippen LogP contribution in [0.4, 0.5) is 0 Å². The van der Waals surface area contributed by atoms with Crippen molar-refractivity contribution in [2.75, 3.05) is 6.54 Å². The number of nitrogens with one attached hydrogen (secondary N) is 1. The fourth-order valence-electron chi connectivity index (χ4n) is 2.61. The summed E-state index contributed by atoms with van der Waals surface area (Å²) >= 11 is 19.5. The predicted molar refractivity (Wildman–Crippen MR) is 110 cm³/mol. The van der Waals surface area contributed by atoms with E-state index in [0.717, 1.165) is 5.56 Å². The molecular weight excluding hydrogens is 429 g/mol. The van der Waals surface area contributed by atoms with Gasteiger partial charge in [0.05, 0.1) is 4.88 Å². The van der Waals surface area contributed by atoms with Gasteiger partial charge in [0.15, 0.2) is 5.15 Å². The summed E-state index contributed by atoms with van der Waals surface area (Å²) in [6.45, 7) is 0.303. The average Bonchev–Trinajstić information content (AvgIpc) is 3.18. The number of rotatable bonds is 6. The van der Waals surface area contributed by atoms with Crippen LogP contribution in [0, 0.1) is 0 Å². The Balaban J connectivity index is 1.75. The molecule has 1 amide bonds. The van der Waals surface area contributed by atoms with Crippen LogP contribution in [0.1, 0.15) is 15.2 Å². The molecule has 2 heterocycles. The van der Waals surface area contributed by atoms with E-state index < -0.39 is 0 Å². The number of thiophene rings is 1. The first kappa shape index (κ1) is 20.1. The lowest BCUT2D eigenvalue weighted by atomic mass is 10.1. The fourth-order valence-corrected chi connectivity index (χ4v) is 4.18. The summed E-state index contributed by atoms with van der Waals surface area (Å²) in [5, 5.41) is 11.5. The van der Waals surface area contributed by atoms with Crippen LogP contribution in [0.25, 0.3) is 11.3 Å². The van der Waals surface area contributed by atoms with Crippen molar-refractivity contribution < 1.29 is 4.79 Å². The summed E-state index contributed by atoms with van der Waals surface area (Å²) in [5.74, 6) is -0.246. The number of aromatic nitrogens is 3. The molecule has 27 heavy (non-hydrogen) atoms. The molecule has 3 N–H and O–H groups in total. The van der Waals surface area contributed by atoms with Gasteiger partial charge in [0.2, 0.25) is 0 Å². The Morgan fingerprint density at radius 1 is 1.30 bits per heavy atom. The molecule has 0 saturated heterocycles. The van der Waals surface area contributed by atoms with E-state index in [1.165, 1.54) is 16.0 Å². The molecule has 0 unspecified atom stereocenters. The van der Waals surface area contributed by atoms with E-state index in [4.69, 9.17) is 40.5 Å². The molecule has 0 bridgehead atoms. The quantitative estimate of drug-likeness (QED) is 0.605. The van der Waals surface area contributed by atoms with Crippen molar-refractivity contribution in [2.24, 2.45) is 12.8 Å². The number of hydrogen-bond donors (Lipinski definition) is 2. The Labute approximate surface area is 175 Å². The third kappa shape index (κ3) is 4.62. The highest BCUT2D eigenvalue weighted by molar-refractivity contribution is 7.18. The monoisotopic (exact) mass is 443 g/mol. The standard InChI is InChI=1S/C17H16Cl3N5OS/c1-25-14(15(19)23-24-25)12-7-13(27-16(12)20)17(26)22-11(8-21)6-9-2-4-10(18)5-3-9/h2-5,7,11H,6,8,21H2,1H3,(H,22,26)/t11-/m0/s1. The Kier molecular flexibility index (Phi) is 6.39. The number of aryl methyl sites for hydroxylation is 1. The van der Waals surface area contributed by atoms with Gasteiger partial charge in [-0.3, -0.25) is 4.79 Å². The minimum atomic E-state index is -0.246. The summed E-state index contributed by atoms with van der Waals surface area (Å²) in [6, 6.07) is 8.91. The number of hydrogen-bond acceptors (Lipinski definition) is 5. The van der Waals surface area contributed by atoms with E-state index in [9.17, 15) is 4.79 Å². The number of nitrogens with two attached hydrogens (primary N) is 1. The van der Waals surface area contributed by atoms with E-state index >= 15 is 0 Å². The molecule has 0 radical (unpaired) electrons. The number of nitrogens with zero attached hydrogens (tertiary/aromatic N) is 3. The van der Waals surface area contributed by atoms with Crippen molar-refractivity contribution in [1.82, 2.24) is 20.3 Å². The molecule has 0 aliphatic heterocycles. The molecule has 0 aliphatic rings. The van der Waals surface area contributed by atoms with Crippen molar-refractivity contribution in [2.45, 2.75) is 12.5 Å². The van der Waals surface area contributed by atoms with E-state index in [1.54, 1.807) is 13.1 Å². The number of carbonyl (C=O) groups excluding carboxylic acids is 1. The SMILES string of the molecule is Cn1nnc(Cl)c1-c1cc(C(=O)N[C@H](CN)Cc2ccc(Cl)cc2)sc1Cl. The highest BCUT2D eigenvalue weighted by atomic mass is 35.5. The number of benzene rings is 1.